The molecular formula is C61H33B7N2. The zero-order chi connectivity index (χ0) is 47.5. The van der Waals surface area contributed by atoms with Crippen LogP contribution in [0.2, 0.25) is 0 Å². The maximum atomic E-state index is 7.60. The second kappa shape index (κ2) is 16.2. The number of nitrogens with zero attached hydrogens (tertiary/aromatic N) is 2. The number of hydrogen-bond acceptors (Lipinski definition) is 0. The average Bonchev–Trinajstić information content (AvgIpc) is 4.06. The number of aromatic nitrogens is 2. The first kappa shape index (κ1) is 42.4. The minimum absolute atomic E-state index is 0.189. The van der Waals surface area contributed by atoms with Gasteiger partial charge in [-0.3, -0.25) is 0 Å². The molecule has 9 heteroatoms. The fraction of sp³-hybridized carbons (Fsp3) is 0.0164. The van der Waals surface area contributed by atoms with Crippen LogP contribution >= 0.6 is 0 Å². The van der Waals surface area contributed by atoms with E-state index in [2.05, 4.69) is 179 Å². The fourth-order valence-corrected chi connectivity index (χ4v) is 11.5. The SMILES string of the molecule is [B]c1c([B])c([B])c2c(c1[B])-c1c([B])c(-c3ccc4c(c3)c3c(-c5ccccc5)cccc3n4-c3ccc(-c4ccccc4)cc3)c([B])c([B])c1C2c1ccccc1-n1c2ccccc2c2ccccc21. The van der Waals surface area contributed by atoms with Crippen molar-refractivity contribution in [2.45, 2.75) is 5.92 Å². The summed E-state index contributed by atoms with van der Waals surface area (Å²) in [4.78, 5) is 0. The van der Waals surface area contributed by atoms with Crippen molar-refractivity contribution in [1.82, 2.24) is 9.13 Å². The molecule has 2 heterocycles. The summed E-state index contributed by atoms with van der Waals surface area (Å²) < 4.78 is 4.62. The van der Waals surface area contributed by atoms with E-state index in [1.165, 1.54) is 0 Å². The average molecular weight is 870 g/mol. The molecule has 0 N–H and O–H groups in total. The van der Waals surface area contributed by atoms with Gasteiger partial charge in [0, 0.05) is 33.2 Å². The smallest absolute Gasteiger partial charge is 0.115 e. The minimum Gasteiger partial charge on any atom is -0.309 e. The van der Waals surface area contributed by atoms with Gasteiger partial charge in [0.1, 0.15) is 54.9 Å². The molecule has 0 bridgehead atoms. The Kier molecular flexibility index (Phi) is 9.79. The summed E-state index contributed by atoms with van der Waals surface area (Å²) >= 11 is 0. The zero-order valence-electron chi connectivity index (χ0n) is 38.0. The van der Waals surface area contributed by atoms with Gasteiger partial charge in [-0.1, -0.05) is 173 Å². The summed E-state index contributed by atoms with van der Waals surface area (Å²) in [6.45, 7) is 0. The summed E-state index contributed by atoms with van der Waals surface area (Å²) in [6.07, 6.45) is 0. The quantitative estimate of drug-likeness (QED) is 0.153. The summed E-state index contributed by atoms with van der Waals surface area (Å²) in [7, 11) is 50.2. The monoisotopic (exact) mass is 870 g/mol. The van der Waals surface area contributed by atoms with Crippen LogP contribution in [0.1, 0.15) is 22.6 Å². The maximum absolute atomic E-state index is 7.60. The second-order valence-corrected chi connectivity index (χ2v) is 18.3. The van der Waals surface area contributed by atoms with Crippen LogP contribution < -0.4 is 38.2 Å². The largest absolute Gasteiger partial charge is 0.309 e. The highest BCUT2D eigenvalue weighted by Gasteiger charge is 2.38. The highest BCUT2D eigenvalue weighted by Crippen LogP contribution is 2.48. The highest BCUT2D eigenvalue weighted by molar-refractivity contribution is 6.65. The summed E-state index contributed by atoms with van der Waals surface area (Å²) in [6, 6.07) is 67.7. The predicted molar refractivity (Wildman–Crippen MR) is 302 cm³/mol. The third-order valence-corrected chi connectivity index (χ3v) is 14.6. The van der Waals surface area contributed by atoms with Gasteiger partial charge in [-0.2, -0.15) is 0 Å². The number of hydrogen-bond donors (Lipinski definition) is 0. The molecule has 2 nitrogen and oxygen atoms in total. The summed E-state index contributed by atoms with van der Waals surface area (Å²) in [5, 5.41) is 4.39. The molecule has 0 amide bonds. The van der Waals surface area contributed by atoms with Crippen LogP contribution in [0, 0.1) is 0 Å². The van der Waals surface area contributed by atoms with Crippen molar-refractivity contribution in [3.8, 4) is 55.9 Å². The lowest BCUT2D eigenvalue weighted by Gasteiger charge is -2.26. The van der Waals surface area contributed by atoms with Crippen molar-refractivity contribution in [2.75, 3.05) is 0 Å². The first-order chi connectivity index (χ1) is 34.2. The minimum atomic E-state index is -0.577. The van der Waals surface area contributed by atoms with Crippen molar-refractivity contribution < 1.29 is 0 Å². The Hall–Kier alpha value is -7.75. The normalized spacial score (nSPS) is 13.1. The van der Waals surface area contributed by atoms with Crippen LogP contribution in [0.4, 0.5) is 0 Å². The van der Waals surface area contributed by atoms with Crippen LogP contribution in [0.25, 0.3) is 99.5 Å². The van der Waals surface area contributed by atoms with Crippen LogP contribution in [0.3, 0.4) is 0 Å². The predicted octanol–water partition coefficient (Wildman–Crippen LogP) is 7.60. The van der Waals surface area contributed by atoms with E-state index in [-0.39, 0.29) is 16.4 Å². The van der Waals surface area contributed by atoms with Gasteiger partial charge >= 0.3 is 0 Å². The van der Waals surface area contributed by atoms with Crippen LogP contribution in [-0.4, -0.2) is 64.1 Å². The van der Waals surface area contributed by atoms with Gasteiger partial charge in [-0.05, 0) is 110 Å². The van der Waals surface area contributed by atoms with Gasteiger partial charge in [0.2, 0.25) is 0 Å². The molecule has 0 saturated carbocycles. The van der Waals surface area contributed by atoms with Crippen LogP contribution in [0.5, 0.6) is 0 Å². The van der Waals surface area contributed by atoms with Gasteiger partial charge in [0.25, 0.3) is 0 Å². The van der Waals surface area contributed by atoms with Crippen molar-refractivity contribution >= 4 is 137 Å². The molecular weight excluding hydrogens is 836 g/mol. The second-order valence-electron chi connectivity index (χ2n) is 18.3. The number of rotatable bonds is 6. The Morgan fingerprint density at radius 2 is 0.814 bits per heavy atom. The van der Waals surface area contributed by atoms with Crippen LogP contribution in [-0.2, 0) is 0 Å². The molecule has 1 unspecified atom stereocenters. The lowest BCUT2D eigenvalue weighted by atomic mass is 9.62. The lowest BCUT2D eigenvalue weighted by Crippen LogP contribution is -2.49. The molecule has 1 aliphatic rings. The molecule has 13 rings (SSSR count). The highest BCUT2D eigenvalue weighted by atomic mass is 15.0. The van der Waals surface area contributed by atoms with Gasteiger partial charge < -0.3 is 9.13 Å². The summed E-state index contributed by atoms with van der Waals surface area (Å²) in [5.41, 5.74) is 17.7. The van der Waals surface area contributed by atoms with E-state index in [0.717, 1.165) is 88.4 Å². The van der Waals surface area contributed by atoms with Crippen molar-refractivity contribution in [3.63, 3.8) is 0 Å². The number of fused-ring (bicyclic) bond motifs is 9. The van der Waals surface area contributed by atoms with E-state index in [1.54, 1.807) is 0 Å². The molecule has 308 valence electrons. The van der Waals surface area contributed by atoms with Crippen molar-refractivity contribution in [2.24, 2.45) is 0 Å². The molecule has 10 aromatic carbocycles. The molecule has 1 atom stereocenters. The standard InChI is InChI=1S/C61H33B7N2/c62-55-48(36-28-31-46-42(32-36)49-38(35-16-5-2-6-17-35)21-13-25-47(49)69(46)37-29-26-34(27-30-37)33-14-3-1-4-15-33)56(63)57(64)51-50(52-54(53(51)55)59(66)61(68)60(67)58(52)65)41-20-9-12-24-45(41)70-43-22-10-7-18-39(43)40-19-8-11-23-44(40)70/h1-32,50H. The number of benzene rings is 10. The summed E-state index contributed by atoms with van der Waals surface area (Å²) in [5.74, 6) is -0.577. The Morgan fingerprint density at radius 3 is 1.50 bits per heavy atom. The van der Waals surface area contributed by atoms with E-state index >= 15 is 0 Å². The molecule has 0 saturated heterocycles. The topological polar surface area (TPSA) is 9.86 Å². The molecule has 12 aromatic rings. The van der Waals surface area contributed by atoms with Crippen molar-refractivity contribution in [3.05, 3.63) is 211 Å². The third kappa shape index (κ3) is 6.10. The lowest BCUT2D eigenvalue weighted by molar-refractivity contribution is 0.997. The Balaban J connectivity index is 1.06. The molecule has 0 spiro atoms. The molecule has 2 aromatic heterocycles. The Morgan fingerprint density at radius 1 is 0.314 bits per heavy atom. The first-order valence-electron chi connectivity index (χ1n) is 23.3. The van der Waals surface area contributed by atoms with Crippen molar-refractivity contribution in [1.29, 1.82) is 0 Å². The molecule has 0 fully saturated rings. The van der Waals surface area contributed by atoms with E-state index in [4.69, 9.17) is 54.9 Å². The van der Waals surface area contributed by atoms with E-state index in [1.807, 2.05) is 24.3 Å². The van der Waals surface area contributed by atoms with E-state index in [0.29, 0.717) is 49.7 Å². The molecule has 1 aliphatic carbocycles. The van der Waals surface area contributed by atoms with Gasteiger partial charge in [-0.15, -0.1) is 10.9 Å². The first-order valence-corrected chi connectivity index (χ1v) is 23.3. The van der Waals surface area contributed by atoms with E-state index < -0.39 is 5.92 Å². The van der Waals surface area contributed by atoms with E-state index in [9.17, 15) is 0 Å². The molecule has 0 aliphatic heterocycles. The van der Waals surface area contributed by atoms with Gasteiger partial charge in [-0.25, -0.2) is 0 Å². The Labute approximate surface area is 416 Å². The Bertz CT molecular complexity index is 4080. The number of para-hydroxylation sites is 3. The third-order valence-electron chi connectivity index (χ3n) is 14.6. The van der Waals surface area contributed by atoms with Gasteiger partial charge in [0.15, 0.2) is 0 Å². The van der Waals surface area contributed by atoms with Gasteiger partial charge in [0.05, 0.1) is 27.8 Å². The molecule has 70 heavy (non-hydrogen) atoms. The zero-order valence-corrected chi connectivity index (χ0v) is 38.0. The maximum Gasteiger partial charge on any atom is 0.115 e. The van der Waals surface area contributed by atoms with Crippen LogP contribution in [0.15, 0.2) is 194 Å². The molecule has 14 radical (unpaired) electrons. The fourth-order valence-electron chi connectivity index (χ4n) is 11.5.